The van der Waals surface area contributed by atoms with Crippen molar-refractivity contribution in [2.75, 3.05) is 28.4 Å². The molecule has 0 aliphatic rings. The lowest BCUT2D eigenvalue weighted by Gasteiger charge is -2.10. The summed E-state index contributed by atoms with van der Waals surface area (Å²) < 4.78 is 28.1. The SMILES string of the molecule is CO/C(=C\c1ccc(-c2cc(OC)c(Br)c(OC)c2)o1)c1ccc(OC)nc1. The molecule has 0 aliphatic heterocycles. The van der Waals surface area contributed by atoms with Crippen molar-refractivity contribution >= 4 is 27.8 Å². The van der Waals surface area contributed by atoms with Crippen LogP contribution < -0.4 is 14.2 Å². The largest absolute Gasteiger partial charge is 0.496 e. The number of rotatable bonds is 7. The Morgan fingerprint density at radius 3 is 2.21 bits per heavy atom. The summed E-state index contributed by atoms with van der Waals surface area (Å²) >= 11 is 3.47. The van der Waals surface area contributed by atoms with E-state index >= 15 is 0 Å². The van der Waals surface area contributed by atoms with Gasteiger partial charge in [-0.1, -0.05) is 0 Å². The number of ether oxygens (including phenoxy) is 4. The molecule has 28 heavy (non-hydrogen) atoms. The molecule has 3 aromatic rings. The van der Waals surface area contributed by atoms with Crippen molar-refractivity contribution in [3.05, 3.63) is 58.4 Å². The Morgan fingerprint density at radius 1 is 0.964 bits per heavy atom. The first kappa shape index (κ1) is 19.8. The molecule has 0 fully saturated rings. The minimum absolute atomic E-state index is 0.539. The van der Waals surface area contributed by atoms with Crippen molar-refractivity contribution in [3.8, 4) is 28.7 Å². The predicted molar refractivity (Wildman–Crippen MR) is 111 cm³/mol. The monoisotopic (exact) mass is 445 g/mol. The number of pyridine rings is 1. The van der Waals surface area contributed by atoms with Crippen LogP contribution in [0.3, 0.4) is 0 Å². The second kappa shape index (κ2) is 8.84. The Kier molecular flexibility index (Phi) is 6.26. The van der Waals surface area contributed by atoms with E-state index in [1.165, 1.54) is 0 Å². The molecule has 0 saturated heterocycles. The van der Waals surface area contributed by atoms with Gasteiger partial charge >= 0.3 is 0 Å². The van der Waals surface area contributed by atoms with E-state index in [1.807, 2.05) is 30.3 Å². The number of hydrogen-bond donors (Lipinski definition) is 0. The predicted octanol–water partition coefficient (Wildman–Crippen LogP) is 5.27. The number of furan rings is 1. The van der Waals surface area contributed by atoms with Crippen LogP contribution in [-0.4, -0.2) is 33.4 Å². The zero-order valence-corrected chi connectivity index (χ0v) is 17.6. The van der Waals surface area contributed by atoms with Crippen molar-refractivity contribution < 1.29 is 23.4 Å². The minimum atomic E-state index is 0.539. The molecule has 146 valence electrons. The van der Waals surface area contributed by atoms with Gasteiger partial charge in [0.25, 0.3) is 0 Å². The minimum Gasteiger partial charge on any atom is -0.496 e. The van der Waals surface area contributed by atoms with Gasteiger partial charge in [0.2, 0.25) is 5.88 Å². The van der Waals surface area contributed by atoms with E-state index in [0.29, 0.717) is 34.7 Å². The maximum Gasteiger partial charge on any atom is 0.212 e. The normalized spacial score (nSPS) is 11.2. The molecule has 0 bridgehead atoms. The van der Waals surface area contributed by atoms with E-state index in [4.69, 9.17) is 23.4 Å². The smallest absolute Gasteiger partial charge is 0.212 e. The fraction of sp³-hybridized carbons (Fsp3) is 0.190. The van der Waals surface area contributed by atoms with Crippen LogP contribution in [0.4, 0.5) is 0 Å². The molecule has 0 saturated carbocycles. The maximum atomic E-state index is 5.98. The summed E-state index contributed by atoms with van der Waals surface area (Å²) in [5.41, 5.74) is 1.65. The summed E-state index contributed by atoms with van der Waals surface area (Å²) in [6, 6.07) is 11.2. The molecule has 0 amide bonds. The van der Waals surface area contributed by atoms with Crippen LogP contribution in [0.1, 0.15) is 11.3 Å². The van der Waals surface area contributed by atoms with Crippen LogP contribution >= 0.6 is 15.9 Å². The summed E-state index contributed by atoms with van der Waals surface area (Å²) in [7, 11) is 6.39. The topological polar surface area (TPSA) is 63.0 Å². The Balaban J connectivity index is 1.93. The van der Waals surface area contributed by atoms with Gasteiger partial charge in [-0.3, -0.25) is 0 Å². The van der Waals surface area contributed by atoms with Gasteiger partial charge in [-0.15, -0.1) is 0 Å². The van der Waals surface area contributed by atoms with E-state index < -0.39 is 0 Å². The van der Waals surface area contributed by atoms with Gasteiger partial charge in [0.15, 0.2) is 0 Å². The molecule has 3 rings (SSSR count). The lowest BCUT2D eigenvalue weighted by atomic mass is 10.1. The second-order valence-corrected chi connectivity index (χ2v) is 6.49. The van der Waals surface area contributed by atoms with E-state index in [1.54, 1.807) is 46.8 Å². The van der Waals surface area contributed by atoms with Gasteiger partial charge in [0.05, 0.1) is 28.4 Å². The maximum absolute atomic E-state index is 5.98. The third-order valence-electron chi connectivity index (χ3n) is 4.08. The molecule has 7 heteroatoms. The number of nitrogens with zero attached hydrogens (tertiary/aromatic N) is 1. The molecule has 0 aliphatic carbocycles. The lowest BCUT2D eigenvalue weighted by molar-refractivity contribution is 0.371. The number of methoxy groups -OCH3 is 4. The van der Waals surface area contributed by atoms with Crippen LogP contribution in [0, 0.1) is 0 Å². The number of benzene rings is 1. The van der Waals surface area contributed by atoms with E-state index in [9.17, 15) is 0 Å². The van der Waals surface area contributed by atoms with E-state index in [2.05, 4.69) is 20.9 Å². The van der Waals surface area contributed by atoms with Crippen LogP contribution in [0.25, 0.3) is 23.2 Å². The van der Waals surface area contributed by atoms with E-state index in [-0.39, 0.29) is 0 Å². The Labute approximate surface area is 171 Å². The molecule has 0 N–H and O–H groups in total. The molecular weight excluding hydrogens is 426 g/mol. The fourth-order valence-corrected chi connectivity index (χ4v) is 3.19. The Morgan fingerprint density at radius 2 is 1.68 bits per heavy atom. The van der Waals surface area contributed by atoms with Crippen molar-refractivity contribution in [3.63, 3.8) is 0 Å². The first-order valence-electron chi connectivity index (χ1n) is 8.37. The fourth-order valence-electron chi connectivity index (χ4n) is 2.63. The van der Waals surface area contributed by atoms with Crippen LogP contribution in [0.5, 0.6) is 17.4 Å². The quantitative estimate of drug-likeness (QED) is 0.461. The highest BCUT2D eigenvalue weighted by Crippen LogP contribution is 2.39. The summed E-state index contributed by atoms with van der Waals surface area (Å²) in [5, 5.41) is 0. The van der Waals surface area contributed by atoms with Gasteiger partial charge < -0.3 is 23.4 Å². The highest BCUT2D eigenvalue weighted by molar-refractivity contribution is 9.10. The zero-order valence-electron chi connectivity index (χ0n) is 16.0. The van der Waals surface area contributed by atoms with Gasteiger partial charge in [0.1, 0.15) is 33.3 Å². The summed E-state index contributed by atoms with van der Waals surface area (Å²) in [6.07, 6.45) is 3.49. The lowest BCUT2D eigenvalue weighted by Crippen LogP contribution is -1.91. The number of halogens is 1. The first-order valence-corrected chi connectivity index (χ1v) is 9.16. The molecule has 0 atom stereocenters. The van der Waals surface area contributed by atoms with Gasteiger partial charge in [-0.2, -0.15) is 0 Å². The third-order valence-corrected chi connectivity index (χ3v) is 4.86. The Hall–Kier alpha value is -2.93. The molecule has 0 unspecified atom stereocenters. The molecule has 6 nitrogen and oxygen atoms in total. The molecule has 0 radical (unpaired) electrons. The summed E-state index contributed by atoms with van der Waals surface area (Å²) in [6.45, 7) is 0. The van der Waals surface area contributed by atoms with Gasteiger partial charge in [-0.05, 0) is 46.3 Å². The summed E-state index contributed by atoms with van der Waals surface area (Å²) in [5.74, 6) is 3.80. The highest BCUT2D eigenvalue weighted by atomic mass is 79.9. The van der Waals surface area contributed by atoms with Crippen LogP contribution in [0.2, 0.25) is 0 Å². The second-order valence-electron chi connectivity index (χ2n) is 5.70. The molecular formula is C21H20BrNO5. The zero-order chi connectivity index (χ0) is 20.1. The molecule has 1 aromatic carbocycles. The van der Waals surface area contributed by atoms with Gasteiger partial charge in [-0.25, -0.2) is 4.98 Å². The number of aromatic nitrogens is 1. The average Bonchev–Trinajstić information content (AvgIpc) is 3.21. The first-order chi connectivity index (χ1) is 13.6. The van der Waals surface area contributed by atoms with Crippen molar-refractivity contribution in [1.82, 2.24) is 4.98 Å². The molecule has 2 aromatic heterocycles. The van der Waals surface area contributed by atoms with Crippen molar-refractivity contribution in [1.29, 1.82) is 0 Å². The standard InChI is InChI=1S/C21H20BrNO5/c1-24-17(13-5-8-20(27-4)23-12-13)11-15-6-7-16(28-15)14-9-18(25-2)21(22)19(10-14)26-3/h5-12H,1-4H3/b17-11-. The van der Waals surface area contributed by atoms with Crippen molar-refractivity contribution in [2.45, 2.75) is 0 Å². The average molecular weight is 446 g/mol. The molecule has 2 heterocycles. The highest BCUT2D eigenvalue weighted by Gasteiger charge is 2.14. The van der Waals surface area contributed by atoms with Crippen LogP contribution in [-0.2, 0) is 4.74 Å². The molecule has 0 spiro atoms. The summed E-state index contributed by atoms with van der Waals surface area (Å²) in [4.78, 5) is 4.20. The van der Waals surface area contributed by atoms with Crippen molar-refractivity contribution in [2.24, 2.45) is 0 Å². The number of hydrogen-bond acceptors (Lipinski definition) is 6. The Bertz CT molecular complexity index is 954. The third kappa shape index (κ3) is 4.14. The van der Waals surface area contributed by atoms with Crippen LogP contribution in [0.15, 0.2) is 51.5 Å². The van der Waals surface area contributed by atoms with Gasteiger partial charge in [0, 0.05) is 29.5 Å². The van der Waals surface area contributed by atoms with E-state index in [0.717, 1.165) is 15.6 Å².